The summed E-state index contributed by atoms with van der Waals surface area (Å²) in [4.78, 5) is 0. The first kappa shape index (κ1) is 21.6. The zero-order chi connectivity index (χ0) is 21.0. The molecule has 0 radical (unpaired) electrons. The highest BCUT2D eigenvalue weighted by Crippen LogP contribution is 2.20. The van der Waals surface area contributed by atoms with E-state index < -0.39 is 0 Å². The van der Waals surface area contributed by atoms with Gasteiger partial charge < -0.3 is 19.5 Å². The molecular formula is C26H31NO3. The van der Waals surface area contributed by atoms with Gasteiger partial charge in [-0.05, 0) is 54.3 Å². The third-order valence-electron chi connectivity index (χ3n) is 4.56. The van der Waals surface area contributed by atoms with E-state index in [-0.39, 0.29) is 0 Å². The standard InChI is InChI=1S/C26H31NO3/c1-21(2)14-15-28-26-13-7-9-23(19-26)27-20-22-8-6-12-25(18-22)30-17-16-29-24-10-4-3-5-11-24/h3-13,18-19,21,27H,14-17,20H2,1-2H3. The van der Waals surface area contributed by atoms with E-state index in [2.05, 4.69) is 37.4 Å². The van der Waals surface area contributed by atoms with E-state index in [1.165, 1.54) is 0 Å². The van der Waals surface area contributed by atoms with E-state index in [4.69, 9.17) is 14.2 Å². The van der Waals surface area contributed by atoms with Crippen LogP contribution in [0.4, 0.5) is 5.69 Å². The second kappa shape index (κ2) is 11.8. The van der Waals surface area contributed by atoms with Crippen molar-refractivity contribution in [2.75, 3.05) is 25.1 Å². The molecule has 0 bridgehead atoms. The third-order valence-corrected chi connectivity index (χ3v) is 4.56. The van der Waals surface area contributed by atoms with Gasteiger partial charge in [0.25, 0.3) is 0 Å². The molecule has 0 unspecified atom stereocenters. The topological polar surface area (TPSA) is 39.7 Å². The van der Waals surface area contributed by atoms with Crippen LogP contribution >= 0.6 is 0 Å². The second-order valence-corrected chi connectivity index (χ2v) is 7.57. The second-order valence-electron chi connectivity index (χ2n) is 7.57. The van der Waals surface area contributed by atoms with Gasteiger partial charge in [0, 0.05) is 18.3 Å². The molecule has 0 aliphatic rings. The summed E-state index contributed by atoms with van der Waals surface area (Å²) in [7, 11) is 0. The Hall–Kier alpha value is -3.14. The lowest BCUT2D eigenvalue weighted by molar-refractivity contribution is 0.217. The summed E-state index contributed by atoms with van der Waals surface area (Å²) in [5.74, 6) is 3.24. The van der Waals surface area contributed by atoms with Gasteiger partial charge in [0.05, 0.1) is 6.61 Å². The SMILES string of the molecule is CC(C)CCOc1cccc(NCc2cccc(OCCOc3ccccc3)c2)c1. The van der Waals surface area contributed by atoms with Crippen LogP contribution in [0.1, 0.15) is 25.8 Å². The predicted octanol–water partition coefficient (Wildman–Crippen LogP) is 6.18. The summed E-state index contributed by atoms with van der Waals surface area (Å²) in [5, 5.41) is 3.46. The Balaban J connectivity index is 1.43. The maximum Gasteiger partial charge on any atom is 0.122 e. The van der Waals surface area contributed by atoms with Crippen LogP contribution in [0.5, 0.6) is 17.2 Å². The summed E-state index contributed by atoms with van der Waals surface area (Å²) in [6.07, 6.45) is 1.06. The normalized spacial score (nSPS) is 10.6. The molecule has 0 aliphatic carbocycles. The molecule has 3 aromatic carbocycles. The minimum absolute atomic E-state index is 0.502. The smallest absolute Gasteiger partial charge is 0.122 e. The van der Waals surface area contributed by atoms with Gasteiger partial charge in [-0.25, -0.2) is 0 Å². The third kappa shape index (κ3) is 7.70. The number of para-hydroxylation sites is 1. The molecule has 3 rings (SSSR count). The quantitative estimate of drug-likeness (QED) is 0.365. The zero-order valence-electron chi connectivity index (χ0n) is 17.8. The number of ether oxygens (including phenoxy) is 3. The lowest BCUT2D eigenvalue weighted by atomic mass is 10.1. The Kier molecular flexibility index (Phi) is 8.46. The number of hydrogen-bond acceptors (Lipinski definition) is 4. The van der Waals surface area contributed by atoms with Gasteiger partial charge in [-0.3, -0.25) is 0 Å². The lowest BCUT2D eigenvalue weighted by Crippen LogP contribution is -2.09. The van der Waals surface area contributed by atoms with Crippen molar-refractivity contribution >= 4 is 5.69 Å². The van der Waals surface area contributed by atoms with Gasteiger partial charge in [-0.2, -0.15) is 0 Å². The average molecular weight is 406 g/mol. The number of rotatable bonds is 12. The van der Waals surface area contributed by atoms with Crippen molar-refractivity contribution in [2.45, 2.75) is 26.8 Å². The molecule has 0 spiro atoms. The van der Waals surface area contributed by atoms with Crippen LogP contribution in [0.2, 0.25) is 0 Å². The van der Waals surface area contributed by atoms with Gasteiger partial charge in [0.2, 0.25) is 0 Å². The first-order chi connectivity index (χ1) is 14.7. The fourth-order valence-electron chi connectivity index (χ4n) is 2.89. The molecule has 158 valence electrons. The Morgan fingerprint density at radius 2 is 1.30 bits per heavy atom. The summed E-state index contributed by atoms with van der Waals surface area (Å²) in [6, 6.07) is 26.0. The lowest BCUT2D eigenvalue weighted by Gasteiger charge is -2.12. The molecule has 30 heavy (non-hydrogen) atoms. The molecule has 1 N–H and O–H groups in total. The van der Waals surface area contributed by atoms with Crippen molar-refractivity contribution in [3.05, 3.63) is 84.4 Å². The van der Waals surface area contributed by atoms with E-state index in [1.807, 2.05) is 60.7 Å². The average Bonchev–Trinajstić information content (AvgIpc) is 2.76. The van der Waals surface area contributed by atoms with Gasteiger partial charge in [-0.1, -0.05) is 50.2 Å². The monoisotopic (exact) mass is 405 g/mol. The molecule has 3 aromatic rings. The minimum Gasteiger partial charge on any atom is -0.494 e. The predicted molar refractivity (Wildman–Crippen MR) is 123 cm³/mol. The molecule has 4 nitrogen and oxygen atoms in total. The van der Waals surface area contributed by atoms with Crippen LogP contribution in [0, 0.1) is 5.92 Å². The molecule has 4 heteroatoms. The molecular weight excluding hydrogens is 374 g/mol. The van der Waals surface area contributed by atoms with E-state index in [1.54, 1.807) is 0 Å². The summed E-state index contributed by atoms with van der Waals surface area (Å²) in [5.41, 5.74) is 2.20. The van der Waals surface area contributed by atoms with Crippen LogP contribution in [0.25, 0.3) is 0 Å². The van der Waals surface area contributed by atoms with Crippen molar-refractivity contribution < 1.29 is 14.2 Å². The van der Waals surface area contributed by atoms with E-state index in [0.717, 1.165) is 41.5 Å². The van der Waals surface area contributed by atoms with Crippen LogP contribution in [-0.2, 0) is 6.54 Å². The van der Waals surface area contributed by atoms with E-state index >= 15 is 0 Å². The maximum atomic E-state index is 5.84. The van der Waals surface area contributed by atoms with Crippen molar-refractivity contribution in [2.24, 2.45) is 5.92 Å². The molecule has 0 amide bonds. The molecule has 0 aliphatic heterocycles. The van der Waals surface area contributed by atoms with Crippen molar-refractivity contribution in [1.82, 2.24) is 0 Å². The molecule has 0 fully saturated rings. The van der Waals surface area contributed by atoms with Crippen LogP contribution < -0.4 is 19.5 Å². The van der Waals surface area contributed by atoms with Crippen LogP contribution in [0.15, 0.2) is 78.9 Å². The number of anilines is 1. The maximum absolute atomic E-state index is 5.84. The summed E-state index contributed by atoms with van der Waals surface area (Å²) >= 11 is 0. The fourth-order valence-corrected chi connectivity index (χ4v) is 2.89. The highest BCUT2D eigenvalue weighted by Gasteiger charge is 2.01. The van der Waals surface area contributed by atoms with Gasteiger partial charge >= 0.3 is 0 Å². The number of nitrogens with one attached hydrogen (secondary N) is 1. The Morgan fingerprint density at radius 3 is 2.07 bits per heavy atom. The minimum atomic E-state index is 0.502. The van der Waals surface area contributed by atoms with Crippen molar-refractivity contribution in [3.8, 4) is 17.2 Å². The first-order valence-corrected chi connectivity index (χ1v) is 10.6. The van der Waals surface area contributed by atoms with Gasteiger partial charge in [0.15, 0.2) is 0 Å². The Bertz CT molecular complexity index is 880. The molecule has 0 atom stereocenters. The molecule has 0 heterocycles. The van der Waals surface area contributed by atoms with Gasteiger partial charge in [-0.15, -0.1) is 0 Å². The highest BCUT2D eigenvalue weighted by molar-refractivity contribution is 5.48. The van der Waals surface area contributed by atoms with E-state index in [9.17, 15) is 0 Å². The number of benzene rings is 3. The Morgan fingerprint density at radius 1 is 0.667 bits per heavy atom. The highest BCUT2D eigenvalue weighted by atomic mass is 16.5. The van der Waals surface area contributed by atoms with E-state index in [0.29, 0.717) is 25.7 Å². The molecule has 0 saturated carbocycles. The Labute approximate surface area is 179 Å². The summed E-state index contributed by atoms with van der Waals surface area (Å²) < 4.78 is 17.3. The molecule has 0 aromatic heterocycles. The first-order valence-electron chi connectivity index (χ1n) is 10.6. The van der Waals surface area contributed by atoms with Gasteiger partial charge in [0.1, 0.15) is 30.5 Å². The fraction of sp³-hybridized carbons (Fsp3) is 0.308. The van der Waals surface area contributed by atoms with Crippen LogP contribution in [0.3, 0.4) is 0 Å². The van der Waals surface area contributed by atoms with Crippen LogP contribution in [-0.4, -0.2) is 19.8 Å². The number of hydrogen-bond donors (Lipinski definition) is 1. The molecule has 0 saturated heterocycles. The largest absolute Gasteiger partial charge is 0.494 e. The van der Waals surface area contributed by atoms with Crippen molar-refractivity contribution in [3.63, 3.8) is 0 Å². The summed E-state index contributed by atoms with van der Waals surface area (Å²) in [6.45, 7) is 6.88. The zero-order valence-corrected chi connectivity index (χ0v) is 17.8. The van der Waals surface area contributed by atoms with Crippen molar-refractivity contribution in [1.29, 1.82) is 0 Å².